The van der Waals surface area contributed by atoms with Gasteiger partial charge >= 0.3 is 6.03 Å². The van der Waals surface area contributed by atoms with E-state index >= 15 is 0 Å². The molecule has 1 saturated heterocycles. The van der Waals surface area contributed by atoms with Gasteiger partial charge in [0.2, 0.25) is 11.8 Å². The molecule has 0 bridgehead atoms. The molecule has 5 nitrogen and oxygen atoms in total. The van der Waals surface area contributed by atoms with Crippen molar-refractivity contribution in [3.05, 3.63) is 0 Å². The fourth-order valence-electron chi connectivity index (χ4n) is 1.03. The van der Waals surface area contributed by atoms with Gasteiger partial charge in [-0.05, 0) is 13.8 Å². The number of amides is 4. The topological polar surface area (TPSA) is 66.5 Å². The minimum absolute atomic E-state index is 0.294. The molecular formula is C7H10N2O3. The van der Waals surface area contributed by atoms with Crippen molar-refractivity contribution in [3.8, 4) is 0 Å². The standard InChI is InChI=1S/C7H10N2O3/c1-3-9-6(11)4(2)5(10)8-7(9)12/h4H,3H2,1-2H3,(H,8,10,12). The number of rotatable bonds is 1. The number of urea groups is 1. The van der Waals surface area contributed by atoms with Crippen LogP contribution in [0.1, 0.15) is 13.8 Å². The molecule has 1 N–H and O–H groups in total. The maximum Gasteiger partial charge on any atom is 0.330 e. The molecule has 0 aromatic carbocycles. The minimum atomic E-state index is -0.748. The zero-order chi connectivity index (χ0) is 9.30. The number of nitrogens with zero attached hydrogens (tertiary/aromatic N) is 1. The predicted molar refractivity (Wildman–Crippen MR) is 40.1 cm³/mol. The van der Waals surface area contributed by atoms with Crippen LogP contribution in [0.2, 0.25) is 0 Å². The lowest BCUT2D eigenvalue weighted by Crippen LogP contribution is -2.56. The Kier molecular flexibility index (Phi) is 2.12. The van der Waals surface area contributed by atoms with Crippen LogP contribution in [0, 0.1) is 5.92 Å². The third-order valence-corrected chi connectivity index (χ3v) is 1.82. The average molecular weight is 170 g/mol. The Labute approximate surface area is 69.7 Å². The van der Waals surface area contributed by atoms with E-state index in [0.29, 0.717) is 6.54 Å². The van der Waals surface area contributed by atoms with Gasteiger partial charge in [-0.15, -0.1) is 0 Å². The summed E-state index contributed by atoms with van der Waals surface area (Å²) in [5, 5.41) is 2.09. The predicted octanol–water partition coefficient (Wildman–Crippen LogP) is -0.279. The Bertz CT molecular complexity index is 249. The van der Waals surface area contributed by atoms with Crippen molar-refractivity contribution in [2.75, 3.05) is 6.54 Å². The van der Waals surface area contributed by atoms with Crippen LogP contribution in [0.3, 0.4) is 0 Å². The van der Waals surface area contributed by atoms with Gasteiger partial charge in [-0.2, -0.15) is 0 Å². The average Bonchev–Trinajstić information content (AvgIpc) is 2.01. The third kappa shape index (κ3) is 1.17. The van der Waals surface area contributed by atoms with Gasteiger partial charge in [0, 0.05) is 6.54 Å². The first-order valence-corrected chi connectivity index (χ1v) is 3.74. The molecule has 0 saturated carbocycles. The summed E-state index contributed by atoms with van der Waals surface area (Å²) in [6.07, 6.45) is 0. The lowest BCUT2D eigenvalue weighted by molar-refractivity contribution is -0.141. The van der Waals surface area contributed by atoms with Crippen molar-refractivity contribution in [2.24, 2.45) is 5.92 Å². The first-order chi connectivity index (χ1) is 5.57. The molecule has 0 aromatic rings. The zero-order valence-corrected chi connectivity index (χ0v) is 6.96. The number of carbonyl (C=O) groups excluding carboxylic acids is 3. The number of hydrogen-bond acceptors (Lipinski definition) is 3. The molecule has 1 atom stereocenters. The van der Waals surface area contributed by atoms with E-state index in [-0.39, 0.29) is 0 Å². The molecule has 0 spiro atoms. The van der Waals surface area contributed by atoms with E-state index < -0.39 is 23.8 Å². The molecule has 1 fully saturated rings. The van der Waals surface area contributed by atoms with Gasteiger partial charge in [0.15, 0.2) is 0 Å². The van der Waals surface area contributed by atoms with Crippen LogP contribution in [0.5, 0.6) is 0 Å². The van der Waals surface area contributed by atoms with Crippen molar-refractivity contribution >= 4 is 17.8 Å². The van der Waals surface area contributed by atoms with Gasteiger partial charge in [-0.1, -0.05) is 0 Å². The van der Waals surface area contributed by atoms with E-state index in [2.05, 4.69) is 5.32 Å². The van der Waals surface area contributed by atoms with Crippen molar-refractivity contribution in [1.82, 2.24) is 10.2 Å². The van der Waals surface area contributed by atoms with Crippen LogP contribution < -0.4 is 5.32 Å². The summed E-state index contributed by atoms with van der Waals surface area (Å²) in [6, 6.07) is -0.620. The van der Waals surface area contributed by atoms with Gasteiger partial charge < -0.3 is 0 Å². The van der Waals surface area contributed by atoms with Gasteiger partial charge in [0.05, 0.1) is 0 Å². The molecule has 66 valence electrons. The number of carbonyl (C=O) groups is 3. The normalized spacial score (nSPS) is 24.3. The summed E-state index contributed by atoms with van der Waals surface area (Å²) in [6.45, 7) is 3.45. The SMILES string of the molecule is CCN1C(=O)NC(=O)C(C)C1=O. The molecule has 1 unspecified atom stereocenters. The molecule has 4 amide bonds. The molecular weight excluding hydrogens is 160 g/mol. The molecule has 1 heterocycles. The van der Waals surface area contributed by atoms with E-state index in [1.165, 1.54) is 6.92 Å². The molecule has 1 aliphatic rings. The molecule has 0 radical (unpaired) electrons. The van der Waals surface area contributed by atoms with Crippen LogP contribution >= 0.6 is 0 Å². The summed E-state index contributed by atoms with van der Waals surface area (Å²) in [5.41, 5.74) is 0. The van der Waals surface area contributed by atoms with Gasteiger partial charge in [0.1, 0.15) is 5.92 Å². The van der Waals surface area contributed by atoms with Crippen LogP contribution in [-0.4, -0.2) is 29.3 Å². The third-order valence-electron chi connectivity index (χ3n) is 1.82. The van der Waals surface area contributed by atoms with Crippen LogP contribution in [0.25, 0.3) is 0 Å². The quantitative estimate of drug-likeness (QED) is 0.550. The van der Waals surface area contributed by atoms with Crippen LogP contribution in [0.4, 0.5) is 4.79 Å². The summed E-state index contributed by atoms with van der Waals surface area (Å²) in [7, 11) is 0. The lowest BCUT2D eigenvalue weighted by atomic mass is 10.1. The Hall–Kier alpha value is -1.39. The Balaban J connectivity index is 2.86. The minimum Gasteiger partial charge on any atom is -0.277 e. The summed E-state index contributed by atoms with van der Waals surface area (Å²) in [5.74, 6) is -1.69. The Morgan fingerprint density at radius 2 is 2.00 bits per heavy atom. The zero-order valence-electron chi connectivity index (χ0n) is 6.96. The molecule has 0 aromatic heterocycles. The monoisotopic (exact) mass is 170 g/mol. The van der Waals surface area contributed by atoms with E-state index in [4.69, 9.17) is 0 Å². The second kappa shape index (κ2) is 2.92. The summed E-state index contributed by atoms with van der Waals surface area (Å²) >= 11 is 0. The van der Waals surface area contributed by atoms with Crippen molar-refractivity contribution in [3.63, 3.8) is 0 Å². The van der Waals surface area contributed by atoms with E-state index in [0.717, 1.165) is 4.90 Å². The molecule has 5 heteroatoms. The van der Waals surface area contributed by atoms with Crippen molar-refractivity contribution < 1.29 is 14.4 Å². The first-order valence-electron chi connectivity index (χ1n) is 3.74. The molecule has 0 aliphatic carbocycles. The van der Waals surface area contributed by atoms with Gasteiger partial charge in [-0.25, -0.2) is 4.79 Å². The Morgan fingerprint density at radius 1 is 1.42 bits per heavy atom. The molecule has 1 rings (SSSR count). The van der Waals surface area contributed by atoms with Crippen molar-refractivity contribution in [2.45, 2.75) is 13.8 Å². The second-order valence-electron chi connectivity index (χ2n) is 2.60. The van der Waals surface area contributed by atoms with Gasteiger partial charge in [-0.3, -0.25) is 19.8 Å². The lowest BCUT2D eigenvalue weighted by Gasteiger charge is -2.26. The highest BCUT2D eigenvalue weighted by atomic mass is 16.2. The summed E-state index contributed by atoms with van der Waals surface area (Å²) < 4.78 is 0. The fourth-order valence-corrected chi connectivity index (χ4v) is 1.03. The number of nitrogens with one attached hydrogen (secondary N) is 1. The Morgan fingerprint density at radius 3 is 2.50 bits per heavy atom. The molecule has 12 heavy (non-hydrogen) atoms. The highest BCUT2D eigenvalue weighted by Gasteiger charge is 2.36. The van der Waals surface area contributed by atoms with E-state index in [1.54, 1.807) is 6.92 Å². The smallest absolute Gasteiger partial charge is 0.277 e. The van der Waals surface area contributed by atoms with Gasteiger partial charge in [0.25, 0.3) is 0 Å². The van der Waals surface area contributed by atoms with Crippen LogP contribution in [0.15, 0.2) is 0 Å². The largest absolute Gasteiger partial charge is 0.330 e. The van der Waals surface area contributed by atoms with E-state index in [1.807, 2.05) is 0 Å². The summed E-state index contributed by atoms with van der Waals surface area (Å²) in [4.78, 5) is 34.1. The maximum atomic E-state index is 11.2. The highest BCUT2D eigenvalue weighted by Crippen LogP contribution is 2.08. The fraction of sp³-hybridized carbons (Fsp3) is 0.571. The second-order valence-corrected chi connectivity index (χ2v) is 2.60. The van der Waals surface area contributed by atoms with E-state index in [9.17, 15) is 14.4 Å². The van der Waals surface area contributed by atoms with Crippen molar-refractivity contribution in [1.29, 1.82) is 0 Å². The van der Waals surface area contributed by atoms with Crippen LogP contribution in [-0.2, 0) is 9.59 Å². The first kappa shape index (κ1) is 8.70. The number of barbiturate groups is 1. The highest BCUT2D eigenvalue weighted by molar-refractivity contribution is 6.15. The molecule has 1 aliphatic heterocycles. The maximum absolute atomic E-state index is 11.2. The number of imide groups is 2. The number of hydrogen-bond donors (Lipinski definition) is 1.